The standard InChI is InChI=1S/C48H31NOS/c1-3-11-32(12-4-1)37-27-24-35(29-41(37)33-13-5-2-6-14-33)38-16-9-18-43-47(38)48-42(17-10-19-44(48)50-43)49-36-25-21-31(22-26-36)34-23-28-40-39-15-7-8-20-45(39)51-46(40)30-34/h1-30,49H. The van der Waals surface area contributed by atoms with Crippen molar-refractivity contribution in [1.82, 2.24) is 0 Å². The van der Waals surface area contributed by atoms with Crippen molar-refractivity contribution in [2.24, 2.45) is 0 Å². The molecule has 0 fully saturated rings. The second-order valence-electron chi connectivity index (χ2n) is 13.0. The number of hydrogen-bond donors (Lipinski definition) is 1. The fourth-order valence-corrected chi connectivity index (χ4v) is 8.60. The second-order valence-corrected chi connectivity index (χ2v) is 14.0. The highest BCUT2D eigenvalue weighted by Crippen LogP contribution is 2.43. The Morgan fingerprint density at radius 2 is 1.02 bits per heavy atom. The predicted molar refractivity (Wildman–Crippen MR) is 218 cm³/mol. The van der Waals surface area contributed by atoms with Crippen LogP contribution in [0.5, 0.6) is 0 Å². The van der Waals surface area contributed by atoms with E-state index in [0.29, 0.717) is 0 Å². The van der Waals surface area contributed by atoms with E-state index in [4.69, 9.17) is 4.42 Å². The van der Waals surface area contributed by atoms with E-state index in [1.54, 1.807) is 0 Å². The summed E-state index contributed by atoms with van der Waals surface area (Å²) >= 11 is 1.86. The largest absolute Gasteiger partial charge is 0.456 e. The van der Waals surface area contributed by atoms with Crippen molar-refractivity contribution in [3.8, 4) is 44.5 Å². The summed E-state index contributed by atoms with van der Waals surface area (Å²) in [4.78, 5) is 0. The van der Waals surface area contributed by atoms with Crippen LogP contribution >= 0.6 is 11.3 Å². The van der Waals surface area contributed by atoms with Crippen molar-refractivity contribution in [3.63, 3.8) is 0 Å². The monoisotopic (exact) mass is 669 g/mol. The zero-order chi connectivity index (χ0) is 33.7. The highest BCUT2D eigenvalue weighted by Gasteiger charge is 2.18. The first kappa shape index (κ1) is 29.5. The Bertz CT molecular complexity index is 2870. The molecular formula is C48H31NOS. The van der Waals surface area contributed by atoms with Crippen molar-refractivity contribution < 1.29 is 4.42 Å². The molecule has 0 aliphatic carbocycles. The lowest BCUT2D eigenvalue weighted by molar-refractivity contribution is 0.669. The first-order chi connectivity index (χ1) is 25.3. The van der Waals surface area contributed by atoms with E-state index in [2.05, 4.69) is 187 Å². The van der Waals surface area contributed by atoms with E-state index in [-0.39, 0.29) is 0 Å². The Morgan fingerprint density at radius 3 is 1.82 bits per heavy atom. The van der Waals surface area contributed by atoms with Gasteiger partial charge in [0.05, 0.1) is 11.1 Å². The molecule has 240 valence electrons. The molecule has 10 rings (SSSR count). The Hall–Kier alpha value is -6.42. The summed E-state index contributed by atoms with van der Waals surface area (Å²) in [5, 5.41) is 8.57. The molecule has 51 heavy (non-hydrogen) atoms. The summed E-state index contributed by atoms with van der Waals surface area (Å²) in [5.74, 6) is 0. The molecule has 2 heterocycles. The Labute approximate surface area is 299 Å². The average Bonchev–Trinajstić information content (AvgIpc) is 3.77. The summed E-state index contributed by atoms with van der Waals surface area (Å²) in [5.41, 5.74) is 13.3. The van der Waals surface area contributed by atoms with Gasteiger partial charge in [0.15, 0.2) is 0 Å². The number of fused-ring (bicyclic) bond motifs is 6. The molecule has 0 saturated carbocycles. The van der Waals surface area contributed by atoms with E-state index < -0.39 is 0 Å². The van der Waals surface area contributed by atoms with E-state index >= 15 is 0 Å². The van der Waals surface area contributed by atoms with Gasteiger partial charge in [-0.3, -0.25) is 0 Å². The number of hydrogen-bond acceptors (Lipinski definition) is 3. The molecule has 1 N–H and O–H groups in total. The zero-order valence-corrected chi connectivity index (χ0v) is 28.5. The van der Waals surface area contributed by atoms with Gasteiger partial charge in [-0.05, 0) is 93.0 Å². The Morgan fingerprint density at radius 1 is 0.373 bits per heavy atom. The summed E-state index contributed by atoms with van der Waals surface area (Å²) < 4.78 is 9.14. The number of thiophene rings is 1. The fourth-order valence-electron chi connectivity index (χ4n) is 7.46. The molecular weight excluding hydrogens is 639 g/mol. The van der Waals surface area contributed by atoms with Gasteiger partial charge in [-0.2, -0.15) is 0 Å². The highest BCUT2D eigenvalue weighted by molar-refractivity contribution is 7.25. The molecule has 0 aliphatic rings. The molecule has 0 unspecified atom stereocenters. The number of nitrogens with one attached hydrogen (secondary N) is 1. The molecule has 2 nitrogen and oxygen atoms in total. The van der Waals surface area contributed by atoms with Gasteiger partial charge in [0.25, 0.3) is 0 Å². The lowest BCUT2D eigenvalue weighted by atomic mass is 9.90. The van der Waals surface area contributed by atoms with E-state index in [0.717, 1.165) is 44.4 Å². The number of benzene rings is 8. The maximum atomic E-state index is 6.50. The minimum atomic E-state index is 0.861. The van der Waals surface area contributed by atoms with E-state index in [1.807, 2.05) is 11.3 Å². The first-order valence-corrected chi connectivity index (χ1v) is 18.1. The van der Waals surface area contributed by atoms with Crippen molar-refractivity contribution >= 4 is 64.8 Å². The second kappa shape index (κ2) is 12.2. The van der Waals surface area contributed by atoms with Gasteiger partial charge in [0, 0.05) is 31.2 Å². The van der Waals surface area contributed by atoms with Crippen molar-refractivity contribution in [2.75, 3.05) is 5.32 Å². The fraction of sp³-hybridized carbons (Fsp3) is 0. The molecule has 8 aromatic carbocycles. The molecule has 0 atom stereocenters. The molecule has 0 bridgehead atoms. The summed E-state index contributed by atoms with van der Waals surface area (Å²) in [7, 11) is 0. The maximum absolute atomic E-state index is 6.50. The van der Waals surface area contributed by atoms with Gasteiger partial charge in [0.2, 0.25) is 0 Å². The number of anilines is 2. The van der Waals surface area contributed by atoms with Gasteiger partial charge >= 0.3 is 0 Å². The average molecular weight is 670 g/mol. The molecule has 0 radical (unpaired) electrons. The van der Waals surface area contributed by atoms with Crippen LogP contribution in [0.25, 0.3) is 86.6 Å². The van der Waals surface area contributed by atoms with Crippen LogP contribution < -0.4 is 5.32 Å². The molecule has 2 aromatic heterocycles. The Kier molecular flexibility index (Phi) is 7.04. The van der Waals surface area contributed by atoms with Crippen LogP contribution in [0.15, 0.2) is 186 Å². The zero-order valence-electron chi connectivity index (χ0n) is 27.6. The summed E-state index contributed by atoms with van der Waals surface area (Å²) in [6.45, 7) is 0. The smallest absolute Gasteiger partial charge is 0.137 e. The van der Waals surface area contributed by atoms with Crippen LogP contribution in [0, 0.1) is 0 Å². The van der Waals surface area contributed by atoms with Gasteiger partial charge in [-0.25, -0.2) is 0 Å². The Balaban J connectivity index is 1.04. The van der Waals surface area contributed by atoms with Crippen LogP contribution in [-0.2, 0) is 0 Å². The third kappa shape index (κ3) is 5.18. The van der Waals surface area contributed by atoms with E-state index in [9.17, 15) is 0 Å². The lowest BCUT2D eigenvalue weighted by Crippen LogP contribution is -1.92. The molecule has 10 aromatic rings. The maximum Gasteiger partial charge on any atom is 0.137 e. The third-order valence-electron chi connectivity index (χ3n) is 9.90. The van der Waals surface area contributed by atoms with Crippen LogP contribution in [0.4, 0.5) is 11.4 Å². The molecule has 0 aliphatic heterocycles. The van der Waals surface area contributed by atoms with E-state index in [1.165, 1.54) is 53.6 Å². The van der Waals surface area contributed by atoms with Crippen LogP contribution in [0.2, 0.25) is 0 Å². The van der Waals surface area contributed by atoms with Crippen molar-refractivity contribution in [1.29, 1.82) is 0 Å². The van der Waals surface area contributed by atoms with Crippen LogP contribution in [-0.4, -0.2) is 0 Å². The summed E-state index contributed by atoms with van der Waals surface area (Å²) in [6.07, 6.45) is 0. The predicted octanol–water partition coefficient (Wildman–Crippen LogP) is 14.4. The minimum Gasteiger partial charge on any atom is -0.456 e. The number of rotatable bonds is 6. The van der Waals surface area contributed by atoms with Gasteiger partial charge < -0.3 is 9.73 Å². The first-order valence-electron chi connectivity index (χ1n) is 17.3. The topological polar surface area (TPSA) is 25.2 Å². The molecule has 0 amide bonds. The lowest BCUT2D eigenvalue weighted by Gasteiger charge is -2.14. The van der Waals surface area contributed by atoms with Gasteiger partial charge in [-0.1, -0.05) is 133 Å². The van der Waals surface area contributed by atoms with Crippen LogP contribution in [0.1, 0.15) is 0 Å². The SMILES string of the molecule is c1ccc(-c2ccc(-c3cccc4oc5cccc(Nc6ccc(-c7ccc8c(c7)sc7ccccc78)cc6)c5c34)cc2-c2ccccc2)cc1. The van der Waals surface area contributed by atoms with Crippen molar-refractivity contribution in [3.05, 3.63) is 182 Å². The third-order valence-corrected chi connectivity index (χ3v) is 11.0. The molecule has 3 heteroatoms. The van der Waals surface area contributed by atoms with Crippen molar-refractivity contribution in [2.45, 2.75) is 0 Å². The quantitative estimate of drug-likeness (QED) is 0.191. The normalized spacial score (nSPS) is 11.5. The minimum absolute atomic E-state index is 0.861. The highest BCUT2D eigenvalue weighted by atomic mass is 32.1. The molecule has 0 spiro atoms. The van der Waals surface area contributed by atoms with Gasteiger partial charge in [0.1, 0.15) is 11.2 Å². The van der Waals surface area contributed by atoms with Crippen LogP contribution in [0.3, 0.4) is 0 Å². The molecule has 0 saturated heterocycles. The summed E-state index contributed by atoms with van der Waals surface area (Å²) in [6, 6.07) is 65.0. The van der Waals surface area contributed by atoms with Gasteiger partial charge in [-0.15, -0.1) is 11.3 Å². The number of furan rings is 1.